The highest BCUT2D eigenvalue weighted by Gasteiger charge is 2.28. The van der Waals surface area contributed by atoms with E-state index < -0.39 is 27.9 Å². The van der Waals surface area contributed by atoms with Crippen molar-refractivity contribution in [1.82, 2.24) is 4.72 Å². The van der Waals surface area contributed by atoms with Gasteiger partial charge < -0.3 is 4.74 Å². The van der Waals surface area contributed by atoms with Crippen molar-refractivity contribution in [1.29, 1.82) is 5.26 Å². The van der Waals surface area contributed by atoms with Crippen molar-refractivity contribution < 1.29 is 22.3 Å². The number of methoxy groups -OCH3 is 1. The molecule has 0 amide bonds. The van der Waals surface area contributed by atoms with Gasteiger partial charge in [0.2, 0.25) is 10.0 Å². The van der Waals surface area contributed by atoms with E-state index in [4.69, 9.17) is 5.26 Å². The van der Waals surface area contributed by atoms with Gasteiger partial charge in [0.1, 0.15) is 17.9 Å². The number of halogens is 1. The van der Waals surface area contributed by atoms with Crippen LogP contribution in [-0.2, 0) is 26.0 Å². The minimum atomic E-state index is -4.13. The third-order valence-electron chi connectivity index (χ3n) is 3.43. The van der Waals surface area contributed by atoms with E-state index in [1.54, 1.807) is 6.07 Å². The van der Waals surface area contributed by atoms with Crippen LogP contribution < -0.4 is 4.72 Å². The van der Waals surface area contributed by atoms with E-state index in [9.17, 15) is 17.6 Å². The molecule has 8 heteroatoms. The molecule has 130 valence electrons. The van der Waals surface area contributed by atoms with Crippen molar-refractivity contribution >= 4 is 16.0 Å². The van der Waals surface area contributed by atoms with Crippen molar-refractivity contribution in [2.45, 2.75) is 17.4 Å². The maximum absolute atomic E-state index is 13.0. The summed E-state index contributed by atoms with van der Waals surface area (Å²) in [5.74, 6) is -1.23. The normalized spacial score (nSPS) is 12.2. The molecule has 0 saturated carbocycles. The largest absolute Gasteiger partial charge is 0.468 e. The Morgan fingerprint density at radius 1 is 1.24 bits per heavy atom. The molecule has 2 aromatic rings. The van der Waals surface area contributed by atoms with Gasteiger partial charge in [0.05, 0.1) is 17.6 Å². The zero-order valence-electron chi connectivity index (χ0n) is 13.3. The fraction of sp³-hybridized carbons (Fsp3) is 0.176. The second kappa shape index (κ2) is 7.88. The molecule has 0 spiro atoms. The molecule has 1 atom stereocenters. The molecule has 0 heterocycles. The lowest BCUT2D eigenvalue weighted by Gasteiger charge is -2.17. The number of nitrogens with zero attached hydrogens (tertiary/aromatic N) is 1. The molecule has 1 unspecified atom stereocenters. The fourth-order valence-corrected chi connectivity index (χ4v) is 3.56. The van der Waals surface area contributed by atoms with E-state index in [0.717, 1.165) is 7.11 Å². The van der Waals surface area contributed by atoms with Crippen LogP contribution in [0.25, 0.3) is 0 Å². The Balaban J connectivity index is 2.31. The number of hydrogen-bond donors (Lipinski definition) is 1. The summed E-state index contributed by atoms with van der Waals surface area (Å²) in [5, 5.41) is 9.06. The summed E-state index contributed by atoms with van der Waals surface area (Å²) in [4.78, 5) is 11.7. The molecule has 1 N–H and O–H groups in total. The summed E-state index contributed by atoms with van der Waals surface area (Å²) in [6, 6.07) is 11.5. The molecule has 0 aromatic heterocycles. The number of ether oxygens (including phenoxy) is 1. The highest BCUT2D eigenvalue weighted by Crippen LogP contribution is 2.16. The minimum Gasteiger partial charge on any atom is -0.468 e. The molecule has 0 fully saturated rings. The first-order valence-electron chi connectivity index (χ1n) is 7.21. The number of rotatable bonds is 6. The Morgan fingerprint density at radius 3 is 2.48 bits per heavy atom. The predicted molar refractivity (Wildman–Crippen MR) is 87.4 cm³/mol. The monoisotopic (exact) mass is 362 g/mol. The van der Waals surface area contributed by atoms with Gasteiger partial charge in [0.25, 0.3) is 0 Å². The van der Waals surface area contributed by atoms with Crippen LogP contribution in [0, 0.1) is 17.1 Å². The van der Waals surface area contributed by atoms with Crippen molar-refractivity contribution in [3.05, 3.63) is 65.5 Å². The van der Waals surface area contributed by atoms with Gasteiger partial charge in [-0.15, -0.1) is 0 Å². The number of benzene rings is 2. The Morgan fingerprint density at radius 2 is 1.88 bits per heavy atom. The molecule has 0 saturated heterocycles. The quantitative estimate of drug-likeness (QED) is 0.790. The molecule has 0 bridgehead atoms. The third-order valence-corrected chi connectivity index (χ3v) is 4.96. The summed E-state index contributed by atoms with van der Waals surface area (Å²) < 4.78 is 45.0. The first kappa shape index (κ1) is 18.6. The van der Waals surface area contributed by atoms with Crippen LogP contribution in [0.5, 0.6) is 0 Å². The van der Waals surface area contributed by atoms with Crippen molar-refractivity contribution in [3.63, 3.8) is 0 Å². The maximum Gasteiger partial charge on any atom is 0.324 e. The number of carbonyl (C=O) groups is 1. The molecule has 25 heavy (non-hydrogen) atoms. The number of hydrogen-bond acceptors (Lipinski definition) is 5. The number of nitrogens with one attached hydrogen (secondary N) is 1. The Bertz CT molecular complexity index is 905. The molecule has 2 aromatic carbocycles. The van der Waals surface area contributed by atoms with Crippen LogP contribution in [0.4, 0.5) is 4.39 Å². The van der Waals surface area contributed by atoms with Gasteiger partial charge in [-0.05, 0) is 36.2 Å². The first-order valence-corrected chi connectivity index (χ1v) is 8.69. The Hall–Kier alpha value is -2.76. The number of carbonyl (C=O) groups excluding carboxylic acids is 1. The molecule has 0 aliphatic heterocycles. The lowest BCUT2D eigenvalue weighted by molar-refractivity contribution is -0.142. The molecule has 0 aliphatic rings. The van der Waals surface area contributed by atoms with Gasteiger partial charge in [-0.3, -0.25) is 4.79 Å². The molecular weight excluding hydrogens is 347 g/mol. The Labute approximate surface area is 144 Å². The van der Waals surface area contributed by atoms with Crippen LogP contribution in [0.3, 0.4) is 0 Å². The number of nitriles is 1. The van der Waals surface area contributed by atoms with E-state index in [-0.39, 0.29) is 16.9 Å². The SMILES string of the molecule is COC(=O)C(Cc1ccc(F)cc1)NS(=O)(=O)c1ccccc1C#N. The number of sulfonamides is 1. The molecule has 0 aliphatic carbocycles. The fourth-order valence-electron chi connectivity index (χ4n) is 2.22. The summed E-state index contributed by atoms with van der Waals surface area (Å²) in [7, 11) is -3.00. The van der Waals surface area contributed by atoms with Crippen LogP contribution in [0.2, 0.25) is 0 Å². The van der Waals surface area contributed by atoms with E-state index in [0.29, 0.717) is 5.56 Å². The summed E-state index contributed by atoms with van der Waals surface area (Å²) in [6.45, 7) is 0. The zero-order chi connectivity index (χ0) is 18.4. The smallest absolute Gasteiger partial charge is 0.324 e. The second-order valence-corrected chi connectivity index (χ2v) is 6.82. The molecule has 0 radical (unpaired) electrons. The topological polar surface area (TPSA) is 96.3 Å². The lowest BCUT2D eigenvalue weighted by Crippen LogP contribution is -2.43. The molecule has 2 rings (SSSR count). The maximum atomic E-state index is 13.0. The summed E-state index contributed by atoms with van der Waals surface area (Å²) in [5.41, 5.74) is 0.508. The molecule has 6 nitrogen and oxygen atoms in total. The highest BCUT2D eigenvalue weighted by molar-refractivity contribution is 7.89. The van der Waals surface area contributed by atoms with E-state index >= 15 is 0 Å². The summed E-state index contributed by atoms with van der Waals surface area (Å²) in [6.07, 6.45) is -0.0269. The van der Waals surface area contributed by atoms with Crippen LogP contribution >= 0.6 is 0 Å². The third kappa shape index (κ3) is 4.62. The van der Waals surface area contributed by atoms with E-state index in [2.05, 4.69) is 9.46 Å². The van der Waals surface area contributed by atoms with Crippen molar-refractivity contribution in [3.8, 4) is 6.07 Å². The predicted octanol–water partition coefficient (Wildman–Crippen LogP) is 1.76. The van der Waals surface area contributed by atoms with Gasteiger partial charge in [0, 0.05) is 0 Å². The second-order valence-electron chi connectivity index (χ2n) is 5.14. The van der Waals surface area contributed by atoms with Gasteiger partial charge >= 0.3 is 5.97 Å². The van der Waals surface area contributed by atoms with Gasteiger partial charge in [-0.2, -0.15) is 9.98 Å². The van der Waals surface area contributed by atoms with Gasteiger partial charge in [-0.25, -0.2) is 12.8 Å². The Kier molecular flexibility index (Phi) is 5.85. The average molecular weight is 362 g/mol. The standard InChI is InChI=1S/C17H15FN2O4S/c1-24-17(21)15(10-12-6-8-14(18)9-7-12)20-25(22,23)16-5-3-2-4-13(16)11-19/h2-9,15,20H,10H2,1H3. The van der Waals surface area contributed by atoms with Gasteiger partial charge in [0.15, 0.2) is 0 Å². The van der Waals surface area contributed by atoms with E-state index in [1.807, 2.05) is 0 Å². The van der Waals surface area contributed by atoms with Crippen LogP contribution in [-0.4, -0.2) is 27.5 Å². The zero-order valence-corrected chi connectivity index (χ0v) is 14.1. The van der Waals surface area contributed by atoms with E-state index in [1.165, 1.54) is 48.5 Å². The lowest BCUT2D eigenvalue weighted by atomic mass is 10.1. The molecular formula is C17H15FN2O4S. The van der Waals surface area contributed by atoms with Gasteiger partial charge in [-0.1, -0.05) is 24.3 Å². The average Bonchev–Trinajstić information content (AvgIpc) is 2.62. The van der Waals surface area contributed by atoms with Crippen molar-refractivity contribution in [2.75, 3.05) is 7.11 Å². The number of esters is 1. The summed E-state index contributed by atoms with van der Waals surface area (Å²) >= 11 is 0. The van der Waals surface area contributed by atoms with Crippen LogP contribution in [0.1, 0.15) is 11.1 Å². The van der Waals surface area contributed by atoms with Crippen molar-refractivity contribution in [2.24, 2.45) is 0 Å². The first-order chi connectivity index (χ1) is 11.9. The minimum absolute atomic E-state index is 0.0269. The highest BCUT2D eigenvalue weighted by atomic mass is 32.2. The van der Waals surface area contributed by atoms with Crippen LogP contribution in [0.15, 0.2) is 53.4 Å².